The van der Waals surface area contributed by atoms with Crippen LogP contribution in [-0.4, -0.2) is 62.7 Å². The first kappa shape index (κ1) is 22.9. The fourth-order valence-corrected chi connectivity index (χ4v) is 4.15. The Morgan fingerprint density at radius 3 is 2.63 bits per heavy atom. The van der Waals surface area contributed by atoms with Crippen molar-refractivity contribution in [3.63, 3.8) is 0 Å². The van der Waals surface area contributed by atoms with Gasteiger partial charge in [0.15, 0.2) is 29.0 Å². The number of esters is 1. The highest BCUT2D eigenvalue weighted by Crippen LogP contribution is 2.44. The number of carbonyl (C=O) groups excluding carboxylic acids is 2. The molecule has 0 bridgehead atoms. The van der Waals surface area contributed by atoms with E-state index in [1.54, 1.807) is 29.1 Å². The standard InChI is InChI=1S/C23H24N6O6/c1-23(2)34-17-14(9-10-15(30)32-3)33-21(18(17)35-23)29-12-26-16-19(24-11-25-20(16)29)28-22(31)27-13-7-5-4-6-8-13/h4-12,14,17-18,21H,1-3H3,(H2,24,25,27,28,31). The lowest BCUT2D eigenvalue weighted by Crippen LogP contribution is -2.28. The second-order valence-electron chi connectivity index (χ2n) is 8.43. The van der Waals surface area contributed by atoms with Gasteiger partial charge in [0, 0.05) is 11.8 Å². The second kappa shape index (κ2) is 9.06. The Labute approximate surface area is 200 Å². The summed E-state index contributed by atoms with van der Waals surface area (Å²) in [5, 5.41) is 5.45. The molecule has 2 N–H and O–H groups in total. The zero-order valence-corrected chi connectivity index (χ0v) is 19.2. The number of amides is 2. The molecule has 182 valence electrons. The van der Waals surface area contributed by atoms with Gasteiger partial charge in [-0.3, -0.25) is 9.88 Å². The molecule has 2 aliphatic heterocycles. The molecule has 35 heavy (non-hydrogen) atoms. The number of methoxy groups -OCH3 is 1. The third kappa shape index (κ3) is 4.58. The van der Waals surface area contributed by atoms with Gasteiger partial charge < -0.3 is 24.3 Å². The van der Waals surface area contributed by atoms with Crippen molar-refractivity contribution in [3.05, 3.63) is 55.1 Å². The number of anilines is 2. The number of fused-ring (bicyclic) bond motifs is 2. The number of rotatable bonds is 5. The minimum Gasteiger partial charge on any atom is -0.466 e. The number of carbonyl (C=O) groups is 2. The molecule has 5 rings (SSSR count). The Morgan fingerprint density at radius 1 is 1.09 bits per heavy atom. The molecule has 12 nitrogen and oxygen atoms in total. The lowest BCUT2D eigenvalue weighted by atomic mass is 10.1. The van der Waals surface area contributed by atoms with Gasteiger partial charge in [-0.15, -0.1) is 0 Å². The number of aromatic nitrogens is 4. The van der Waals surface area contributed by atoms with Crippen LogP contribution >= 0.6 is 0 Å². The maximum absolute atomic E-state index is 12.5. The lowest BCUT2D eigenvalue weighted by molar-refractivity contribution is -0.191. The number of para-hydroxylation sites is 1. The number of hydrogen-bond donors (Lipinski definition) is 2. The van der Waals surface area contributed by atoms with Crippen molar-refractivity contribution in [1.82, 2.24) is 19.5 Å². The number of hydrogen-bond acceptors (Lipinski definition) is 9. The van der Waals surface area contributed by atoms with E-state index >= 15 is 0 Å². The first-order valence-corrected chi connectivity index (χ1v) is 10.9. The molecule has 4 heterocycles. The molecule has 0 aliphatic carbocycles. The molecule has 2 fully saturated rings. The van der Waals surface area contributed by atoms with Gasteiger partial charge >= 0.3 is 12.0 Å². The Balaban J connectivity index is 1.41. The van der Waals surface area contributed by atoms with Gasteiger partial charge in [-0.25, -0.2) is 24.5 Å². The van der Waals surface area contributed by atoms with Crippen molar-refractivity contribution in [2.24, 2.45) is 0 Å². The van der Waals surface area contributed by atoms with Crippen LogP contribution in [-0.2, 0) is 23.7 Å². The molecular formula is C23H24N6O6. The Kier molecular flexibility index (Phi) is 5.93. The maximum atomic E-state index is 12.5. The first-order valence-electron chi connectivity index (χ1n) is 10.9. The minimum atomic E-state index is -0.845. The normalized spacial score (nSPS) is 25.0. The molecule has 12 heteroatoms. The first-order chi connectivity index (χ1) is 16.8. The quantitative estimate of drug-likeness (QED) is 0.417. The Morgan fingerprint density at radius 2 is 1.86 bits per heavy atom. The van der Waals surface area contributed by atoms with Crippen LogP contribution in [0.25, 0.3) is 11.2 Å². The smallest absolute Gasteiger partial charge is 0.330 e. The van der Waals surface area contributed by atoms with Crippen LogP contribution in [0.4, 0.5) is 16.3 Å². The highest BCUT2D eigenvalue weighted by Gasteiger charge is 2.55. The van der Waals surface area contributed by atoms with Gasteiger partial charge in [-0.2, -0.15) is 0 Å². The minimum absolute atomic E-state index is 0.239. The van der Waals surface area contributed by atoms with Crippen LogP contribution in [0.5, 0.6) is 0 Å². The number of urea groups is 1. The molecule has 4 unspecified atom stereocenters. The SMILES string of the molecule is COC(=O)C=CC1OC(n2cnc3c(NC(=O)Nc4ccccc4)ncnc32)C2OC(C)(C)OC12. The van der Waals surface area contributed by atoms with E-state index in [0.717, 1.165) is 0 Å². The van der Waals surface area contributed by atoms with Gasteiger partial charge in [-0.05, 0) is 32.1 Å². The van der Waals surface area contributed by atoms with Crippen LogP contribution in [0, 0.1) is 0 Å². The fourth-order valence-electron chi connectivity index (χ4n) is 4.15. The average molecular weight is 480 g/mol. The molecule has 2 amide bonds. The molecule has 1 aromatic carbocycles. The van der Waals surface area contributed by atoms with Crippen molar-refractivity contribution in [3.8, 4) is 0 Å². The third-order valence-electron chi connectivity index (χ3n) is 5.58. The molecular weight excluding hydrogens is 456 g/mol. The van der Waals surface area contributed by atoms with E-state index in [1.807, 2.05) is 32.0 Å². The van der Waals surface area contributed by atoms with E-state index < -0.39 is 42.3 Å². The van der Waals surface area contributed by atoms with Gasteiger partial charge in [0.1, 0.15) is 24.6 Å². The summed E-state index contributed by atoms with van der Waals surface area (Å²) in [6.45, 7) is 3.62. The van der Waals surface area contributed by atoms with Gasteiger partial charge in [0.05, 0.1) is 13.4 Å². The maximum Gasteiger partial charge on any atom is 0.330 e. The average Bonchev–Trinajstić information content (AvgIpc) is 3.49. The Bertz CT molecular complexity index is 1280. The van der Waals surface area contributed by atoms with E-state index in [9.17, 15) is 9.59 Å². The predicted octanol–water partition coefficient (Wildman–Crippen LogP) is 2.62. The summed E-state index contributed by atoms with van der Waals surface area (Å²) in [5.41, 5.74) is 1.45. The van der Waals surface area contributed by atoms with Crippen LogP contribution < -0.4 is 10.6 Å². The molecule has 0 saturated carbocycles. The summed E-state index contributed by atoms with van der Waals surface area (Å²) in [6.07, 6.45) is 3.56. The topological polar surface area (TPSA) is 139 Å². The van der Waals surface area contributed by atoms with Crippen molar-refractivity contribution >= 4 is 34.7 Å². The number of benzene rings is 1. The molecule has 2 aliphatic rings. The zero-order chi connectivity index (χ0) is 24.6. The Hall–Kier alpha value is -3.87. The number of nitrogens with zero attached hydrogens (tertiary/aromatic N) is 4. The highest BCUT2D eigenvalue weighted by atomic mass is 16.8. The molecule has 3 aromatic rings. The molecule has 2 saturated heterocycles. The van der Waals surface area contributed by atoms with Crippen LogP contribution in [0.2, 0.25) is 0 Å². The van der Waals surface area contributed by atoms with Crippen LogP contribution in [0.1, 0.15) is 20.1 Å². The second-order valence-corrected chi connectivity index (χ2v) is 8.43. The number of ether oxygens (including phenoxy) is 4. The zero-order valence-electron chi connectivity index (χ0n) is 19.2. The van der Waals surface area contributed by atoms with Crippen molar-refractivity contribution in [2.45, 2.75) is 44.2 Å². The summed E-state index contributed by atoms with van der Waals surface area (Å²) in [4.78, 5) is 37.0. The van der Waals surface area contributed by atoms with Crippen molar-refractivity contribution in [2.75, 3.05) is 17.7 Å². The monoisotopic (exact) mass is 480 g/mol. The summed E-state index contributed by atoms with van der Waals surface area (Å²) in [6, 6.07) is 8.57. The van der Waals surface area contributed by atoms with Gasteiger partial charge in [0.25, 0.3) is 0 Å². The number of nitrogens with one attached hydrogen (secondary N) is 2. The van der Waals surface area contributed by atoms with Gasteiger partial charge in [0.2, 0.25) is 0 Å². The summed E-state index contributed by atoms with van der Waals surface area (Å²) >= 11 is 0. The molecule has 4 atom stereocenters. The summed E-state index contributed by atoms with van der Waals surface area (Å²) in [7, 11) is 1.30. The molecule has 0 spiro atoms. The van der Waals surface area contributed by atoms with Gasteiger partial charge in [-0.1, -0.05) is 18.2 Å². The fraction of sp³-hybridized carbons (Fsp3) is 0.348. The molecule has 2 aromatic heterocycles. The third-order valence-corrected chi connectivity index (χ3v) is 5.58. The van der Waals surface area contributed by atoms with Crippen LogP contribution in [0.15, 0.2) is 55.1 Å². The summed E-state index contributed by atoms with van der Waals surface area (Å²) in [5.74, 6) is -1.11. The lowest BCUT2D eigenvalue weighted by Gasteiger charge is -2.24. The number of imidazole rings is 1. The van der Waals surface area contributed by atoms with Crippen molar-refractivity contribution in [1.29, 1.82) is 0 Å². The van der Waals surface area contributed by atoms with E-state index in [-0.39, 0.29) is 5.82 Å². The van der Waals surface area contributed by atoms with E-state index in [4.69, 9.17) is 14.2 Å². The summed E-state index contributed by atoms with van der Waals surface area (Å²) < 4.78 is 24.7. The predicted molar refractivity (Wildman–Crippen MR) is 123 cm³/mol. The van der Waals surface area contributed by atoms with E-state index in [2.05, 4.69) is 30.3 Å². The molecule has 0 radical (unpaired) electrons. The largest absolute Gasteiger partial charge is 0.466 e. The van der Waals surface area contributed by atoms with Crippen LogP contribution in [0.3, 0.4) is 0 Å². The van der Waals surface area contributed by atoms with E-state index in [0.29, 0.717) is 16.9 Å². The van der Waals surface area contributed by atoms with Crippen molar-refractivity contribution < 1.29 is 28.5 Å². The van der Waals surface area contributed by atoms with E-state index in [1.165, 1.54) is 19.5 Å². The highest BCUT2D eigenvalue weighted by molar-refractivity contribution is 6.02.